The molecule has 0 bridgehead atoms. The van der Waals surface area contributed by atoms with E-state index in [1.165, 1.54) is 11.3 Å². The molecule has 2 fully saturated rings. The maximum atomic E-state index is 13.1. The summed E-state index contributed by atoms with van der Waals surface area (Å²) in [5.74, 6) is 0.798. The van der Waals surface area contributed by atoms with Crippen LogP contribution in [0.25, 0.3) is 11.0 Å². The number of hydrogen-bond acceptors (Lipinski definition) is 6. The number of rotatable bonds is 4. The molecule has 1 aromatic carbocycles. The minimum atomic E-state index is -3.41. The number of piperidine rings is 1. The van der Waals surface area contributed by atoms with Gasteiger partial charge in [-0.05, 0) is 48.3 Å². The lowest BCUT2D eigenvalue weighted by molar-refractivity contribution is 0.0722. The van der Waals surface area contributed by atoms with Crippen molar-refractivity contribution in [2.45, 2.75) is 23.5 Å². The lowest BCUT2D eigenvalue weighted by atomic mass is 9.78. The van der Waals surface area contributed by atoms with E-state index in [1.54, 1.807) is 35.0 Å². The van der Waals surface area contributed by atoms with Crippen LogP contribution in [-0.2, 0) is 10.0 Å². The lowest BCUT2D eigenvalue weighted by Gasteiger charge is -2.38. The van der Waals surface area contributed by atoms with E-state index in [9.17, 15) is 13.2 Å². The number of fused-ring (bicyclic) bond motifs is 1. The zero-order chi connectivity index (χ0) is 21.6. The number of nitrogens with zero attached hydrogens (tertiary/aromatic N) is 2. The second-order valence-corrected chi connectivity index (χ2v) is 11.4. The first kappa shape index (κ1) is 20.5. The Kier molecular flexibility index (Phi) is 5.07. The van der Waals surface area contributed by atoms with Crippen molar-refractivity contribution in [2.24, 2.45) is 5.41 Å². The zero-order valence-electron chi connectivity index (χ0n) is 17.2. The maximum absolute atomic E-state index is 13.1. The number of methoxy groups -OCH3 is 1. The largest absolute Gasteiger partial charge is 0.493 e. The van der Waals surface area contributed by atoms with Crippen LogP contribution in [0.2, 0.25) is 0 Å². The second-order valence-electron chi connectivity index (χ2n) is 8.30. The molecule has 0 atom stereocenters. The van der Waals surface area contributed by atoms with Crippen LogP contribution in [0.1, 0.15) is 29.8 Å². The number of amides is 1. The van der Waals surface area contributed by atoms with E-state index < -0.39 is 10.0 Å². The molecule has 5 rings (SSSR count). The monoisotopic (exact) mass is 460 g/mol. The van der Waals surface area contributed by atoms with Gasteiger partial charge in [-0.3, -0.25) is 4.79 Å². The Hall–Kier alpha value is -2.36. The molecule has 4 heterocycles. The van der Waals surface area contributed by atoms with Crippen molar-refractivity contribution in [3.8, 4) is 5.75 Å². The number of carbonyl (C=O) groups is 1. The highest BCUT2D eigenvalue weighted by molar-refractivity contribution is 7.91. The van der Waals surface area contributed by atoms with E-state index in [4.69, 9.17) is 9.15 Å². The third-order valence-corrected chi connectivity index (χ3v) is 9.81. The lowest BCUT2D eigenvalue weighted by Crippen LogP contribution is -2.44. The molecule has 1 amide bonds. The Morgan fingerprint density at radius 2 is 1.90 bits per heavy atom. The smallest absolute Gasteiger partial charge is 0.289 e. The summed E-state index contributed by atoms with van der Waals surface area (Å²) in [7, 11) is -1.84. The van der Waals surface area contributed by atoms with Crippen LogP contribution in [0.3, 0.4) is 0 Å². The molecule has 0 N–H and O–H groups in total. The number of hydrogen-bond donors (Lipinski definition) is 0. The molecule has 0 aliphatic carbocycles. The van der Waals surface area contributed by atoms with Gasteiger partial charge in [0.05, 0.1) is 7.11 Å². The Morgan fingerprint density at radius 1 is 1.13 bits per heavy atom. The summed E-state index contributed by atoms with van der Waals surface area (Å²) in [5, 5.41) is 2.62. The summed E-state index contributed by atoms with van der Waals surface area (Å²) in [6, 6.07) is 10.8. The first-order valence-electron chi connectivity index (χ1n) is 10.3. The van der Waals surface area contributed by atoms with E-state index in [0.717, 1.165) is 24.6 Å². The van der Waals surface area contributed by atoms with Gasteiger partial charge in [0, 0.05) is 31.6 Å². The topological polar surface area (TPSA) is 80.1 Å². The Morgan fingerprint density at radius 3 is 2.61 bits per heavy atom. The fourth-order valence-corrected chi connectivity index (χ4v) is 7.30. The molecule has 164 valence electrons. The average molecular weight is 461 g/mol. The molecule has 3 aromatic rings. The minimum Gasteiger partial charge on any atom is -0.493 e. The summed E-state index contributed by atoms with van der Waals surface area (Å²) in [6.07, 6.45) is 2.40. The van der Waals surface area contributed by atoms with Gasteiger partial charge in [-0.2, -0.15) is 4.31 Å². The predicted molar refractivity (Wildman–Crippen MR) is 118 cm³/mol. The van der Waals surface area contributed by atoms with Crippen molar-refractivity contribution >= 4 is 38.2 Å². The number of sulfonamides is 1. The number of benzene rings is 1. The molecule has 0 radical (unpaired) electrons. The second kappa shape index (κ2) is 7.65. The fraction of sp³-hybridized carbons (Fsp3) is 0.409. The third kappa shape index (κ3) is 3.54. The number of carbonyl (C=O) groups excluding carboxylic acids is 1. The van der Waals surface area contributed by atoms with Crippen LogP contribution in [0, 0.1) is 5.41 Å². The van der Waals surface area contributed by atoms with E-state index >= 15 is 0 Å². The Labute approximate surface area is 185 Å². The standard InChI is InChI=1S/C22H24N2O5S2/c1-28-17-5-2-4-16-14-18(29-20(16)17)21(25)23-10-7-22(15-23)8-11-24(12-9-22)31(26,27)19-6-3-13-30-19/h2-6,13-14H,7-12,15H2,1H3. The molecule has 31 heavy (non-hydrogen) atoms. The van der Waals surface area contributed by atoms with Crippen LogP contribution < -0.4 is 4.74 Å². The van der Waals surface area contributed by atoms with E-state index in [2.05, 4.69) is 0 Å². The van der Waals surface area contributed by atoms with Gasteiger partial charge < -0.3 is 14.1 Å². The molecule has 2 aliphatic heterocycles. The zero-order valence-corrected chi connectivity index (χ0v) is 18.9. The number of para-hydroxylation sites is 1. The van der Waals surface area contributed by atoms with Crippen molar-refractivity contribution in [2.75, 3.05) is 33.3 Å². The van der Waals surface area contributed by atoms with Crippen LogP contribution in [0.5, 0.6) is 5.75 Å². The molecular weight excluding hydrogens is 436 g/mol. The van der Waals surface area contributed by atoms with Gasteiger partial charge in [-0.15, -0.1) is 11.3 Å². The van der Waals surface area contributed by atoms with Crippen molar-refractivity contribution in [3.05, 3.63) is 47.5 Å². The van der Waals surface area contributed by atoms with Gasteiger partial charge in [-0.25, -0.2) is 8.42 Å². The van der Waals surface area contributed by atoms with Crippen LogP contribution in [-0.4, -0.2) is 56.8 Å². The minimum absolute atomic E-state index is 0.0269. The highest BCUT2D eigenvalue weighted by Crippen LogP contribution is 2.42. The van der Waals surface area contributed by atoms with Crippen LogP contribution in [0.4, 0.5) is 0 Å². The van der Waals surface area contributed by atoms with E-state index in [-0.39, 0.29) is 11.3 Å². The summed E-state index contributed by atoms with van der Waals surface area (Å²) < 4.78 is 38.7. The van der Waals surface area contributed by atoms with Crippen LogP contribution in [0.15, 0.2) is 50.4 Å². The molecule has 1 spiro atoms. The first-order valence-corrected chi connectivity index (χ1v) is 12.6. The molecule has 0 saturated carbocycles. The summed E-state index contributed by atoms with van der Waals surface area (Å²) in [4.78, 5) is 14.9. The third-order valence-electron chi connectivity index (χ3n) is 6.54. The van der Waals surface area contributed by atoms with Gasteiger partial charge >= 0.3 is 0 Å². The molecule has 2 saturated heterocycles. The highest BCUT2D eigenvalue weighted by Gasteiger charge is 2.44. The van der Waals surface area contributed by atoms with Gasteiger partial charge in [0.15, 0.2) is 17.1 Å². The quantitative estimate of drug-likeness (QED) is 0.591. The Bertz CT molecular complexity index is 1210. The van der Waals surface area contributed by atoms with Gasteiger partial charge in [0.2, 0.25) is 0 Å². The van der Waals surface area contributed by atoms with E-state index in [1.807, 2.05) is 23.1 Å². The summed E-state index contributed by atoms with van der Waals surface area (Å²) in [5.41, 5.74) is 0.551. The molecule has 2 aliphatic rings. The predicted octanol–water partition coefficient (Wildman–Crippen LogP) is 3.82. The number of furan rings is 1. The average Bonchev–Trinajstić information content (AvgIpc) is 3.53. The molecular formula is C22H24N2O5S2. The van der Waals surface area contributed by atoms with Crippen molar-refractivity contribution < 1.29 is 22.4 Å². The SMILES string of the molecule is COc1cccc2cc(C(=O)N3CCC4(CCN(S(=O)(=O)c5cccs5)CC4)C3)oc12. The van der Waals surface area contributed by atoms with Gasteiger partial charge in [-0.1, -0.05) is 18.2 Å². The molecule has 2 aromatic heterocycles. The molecule has 0 unspecified atom stereocenters. The highest BCUT2D eigenvalue weighted by atomic mass is 32.2. The first-order chi connectivity index (χ1) is 14.9. The van der Waals surface area contributed by atoms with Crippen molar-refractivity contribution in [1.82, 2.24) is 9.21 Å². The van der Waals surface area contributed by atoms with Crippen molar-refractivity contribution in [3.63, 3.8) is 0 Å². The number of ether oxygens (including phenoxy) is 1. The number of likely N-dealkylation sites (tertiary alicyclic amines) is 1. The Balaban J connectivity index is 1.28. The molecule has 7 nitrogen and oxygen atoms in total. The van der Waals surface area contributed by atoms with Gasteiger partial charge in [0.1, 0.15) is 4.21 Å². The fourth-order valence-electron chi connectivity index (χ4n) is 4.71. The maximum Gasteiger partial charge on any atom is 0.289 e. The number of thiophene rings is 1. The van der Waals surface area contributed by atoms with Crippen LogP contribution >= 0.6 is 11.3 Å². The van der Waals surface area contributed by atoms with E-state index in [0.29, 0.717) is 47.5 Å². The molecule has 9 heteroatoms. The summed E-state index contributed by atoms with van der Waals surface area (Å²) in [6.45, 7) is 2.27. The van der Waals surface area contributed by atoms with Crippen molar-refractivity contribution in [1.29, 1.82) is 0 Å². The van der Waals surface area contributed by atoms with Gasteiger partial charge in [0.25, 0.3) is 15.9 Å². The summed E-state index contributed by atoms with van der Waals surface area (Å²) >= 11 is 1.25. The normalized spacial score (nSPS) is 19.3.